The van der Waals surface area contributed by atoms with Gasteiger partial charge in [0.05, 0.1) is 12.2 Å². The molecule has 0 radical (unpaired) electrons. The summed E-state index contributed by atoms with van der Waals surface area (Å²) in [6, 6.07) is 2.19. The summed E-state index contributed by atoms with van der Waals surface area (Å²) in [7, 11) is 0. The second-order valence-corrected chi connectivity index (χ2v) is 4.36. The number of hydrogen-bond acceptors (Lipinski definition) is 4. The zero-order chi connectivity index (χ0) is 16.3. The minimum Gasteiger partial charge on any atom is -0.460 e. The van der Waals surface area contributed by atoms with E-state index in [1.165, 1.54) is 0 Å². The lowest BCUT2D eigenvalue weighted by Crippen LogP contribution is -2.07. The van der Waals surface area contributed by atoms with Gasteiger partial charge >= 0.3 is 12.1 Å². The number of halogens is 4. The molecule has 0 aliphatic heterocycles. The molecular weight excluding hydrogens is 306 g/mol. The maximum Gasteiger partial charge on any atom is 0.416 e. The molecule has 5 nitrogen and oxygen atoms in total. The van der Waals surface area contributed by atoms with Crippen molar-refractivity contribution in [1.29, 1.82) is 0 Å². The van der Waals surface area contributed by atoms with Gasteiger partial charge in [0.25, 0.3) is 0 Å². The van der Waals surface area contributed by atoms with E-state index in [0.29, 0.717) is 6.07 Å². The summed E-state index contributed by atoms with van der Waals surface area (Å²) in [6.45, 7) is 1.76. The number of rotatable bonds is 4. The molecule has 0 amide bonds. The quantitative estimate of drug-likeness (QED) is 0.695. The molecule has 0 aliphatic carbocycles. The third-order valence-electron chi connectivity index (χ3n) is 2.66. The molecule has 1 aromatic carbocycles. The zero-order valence-electron chi connectivity index (χ0n) is 11.4. The Morgan fingerprint density at radius 1 is 1.27 bits per heavy atom. The third-order valence-corrected chi connectivity index (χ3v) is 2.66. The number of hydrogen-bond donors (Lipinski definition) is 1. The number of esters is 1. The average Bonchev–Trinajstić information content (AvgIpc) is 2.86. The second-order valence-electron chi connectivity index (χ2n) is 4.36. The Morgan fingerprint density at radius 2 is 2.00 bits per heavy atom. The smallest absolute Gasteiger partial charge is 0.416 e. The Morgan fingerprint density at radius 3 is 2.64 bits per heavy atom. The molecule has 0 saturated carbocycles. The molecule has 0 bridgehead atoms. The highest BCUT2D eigenvalue weighted by molar-refractivity contribution is 5.84. The van der Waals surface area contributed by atoms with Gasteiger partial charge in [-0.1, -0.05) is 0 Å². The second kappa shape index (κ2) is 6.12. The molecule has 2 rings (SSSR count). The summed E-state index contributed by atoms with van der Waals surface area (Å²) in [5.74, 6) is -1.77. The molecule has 0 spiro atoms. The molecule has 0 aliphatic rings. The molecule has 1 heterocycles. The van der Waals surface area contributed by atoms with Gasteiger partial charge < -0.3 is 9.72 Å². The Hall–Kier alpha value is -2.45. The van der Waals surface area contributed by atoms with E-state index in [4.69, 9.17) is 4.74 Å². The number of aromatic nitrogens is 3. The van der Waals surface area contributed by atoms with Crippen LogP contribution >= 0.6 is 0 Å². The van der Waals surface area contributed by atoms with Crippen LogP contribution in [-0.2, 0) is 17.3 Å². The van der Waals surface area contributed by atoms with Crippen molar-refractivity contribution in [2.45, 2.75) is 19.5 Å². The first kappa shape index (κ1) is 15.9. The molecule has 118 valence electrons. The molecule has 1 N–H and O–H groups in total. The van der Waals surface area contributed by atoms with Crippen LogP contribution in [0, 0.1) is 5.82 Å². The van der Waals surface area contributed by atoms with E-state index >= 15 is 0 Å². The summed E-state index contributed by atoms with van der Waals surface area (Å²) in [6.07, 6.45) is -4.78. The van der Waals surface area contributed by atoms with Gasteiger partial charge in [-0.3, -0.25) is 0 Å². The Labute approximate surface area is 122 Å². The van der Waals surface area contributed by atoms with Crippen molar-refractivity contribution in [3.63, 3.8) is 0 Å². The molecule has 1 aromatic heterocycles. The van der Waals surface area contributed by atoms with Crippen LogP contribution in [0.4, 0.5) is 17.6 Å². The number of alkyl halides is 3. The number of nitrogens with zero attached hydrogens (tertiary/aromatic N) is 2. The van der Waals surface area contributed by atoms with Crippen LogP contribution in [-0.4, -0.2) is 27.8 Å². The topological polar surface area (TPSA) is 67.9 Å². The first-order valence-corrected chi connectivity index (χ1v) is 6.25. The van der Waals surface area contributed by atoms with Gasteiger partial charge in [0.2, 0.25) is 5.82 Å². The van der Waals surface area contributed by atoms with Crippen molar-refractivity contribution < 1.29 is 27.1 Å². The van der Waals surface area contributed by atoms with Crippen LogP contribution in [0.1, 0.15) is 34.5 Å². The van der Waals surface area contributed by atoms with E-state index in [1.54, 1.807) is 6.92 Å². The van der Waals surface area contributed by atoms with Crippen molar-refractivity contribution in [2.75, 3.05) is 6.61 Å². The SMILES string of the molecule is CCOC(=O)c1nnc(Cc2cc(F)cc(C(F)(F)F)c2)[nH]1. The molecular formula is C13H11F4N3O2. The normalized spacial score (nSPS) is 11.5. The van der Waals surface area contributed by atoms with Crippen molar-refractivity contribution in [3.05, 3.63) is 46.8 Å². The standard InChI is InChI=1S/C13H11F4N3O2/c1-2-22-12(21)11-18-10(19-20-11)5-7-3-8(13(15,16)17)6-9(14)4-7/h3-4,6H,2,5H2,1H3,(H,18,19,20). The number of aromatic amines is 1. The van der Waals surface area contributed by atoms with Crippen molar-refractivity contribution in [2.24, 2.45) is 0 Å². The number of carbonyl (C=O) groups is 1. The van der Waals surface area contributed by atoms with Crippen LogP contribution < -0.4 is 0 Å². The predicted octanol–water partition coefficient (Wildman–Crippen LogP) is 2.73. The highest BCUT2D eigenvalue weighted by Crippen LogP contribution is 2.30. The summed E-state index contributed by atoms with van der Waals surface area (Å²) in [5, 5.41) is 7.15. The van der Waals surface area contributed by atoms with Gasteiger partial charge in [0.1, 0.15) is 11.6 Å². The van der Waals surface area contributed by atoms with Crippen LogP contribution in [0.5, 0.6) is 0 Å². The number of ether oxygens (including phenoxy) is 1. The molecule has 22 heavy (non-hydrogen) atoms. The van der Waals surface area contributed by atoms with Crippen LogP contribution in [0.2, 0.25) is 0 Å². The van der Waals surface area contributed by atoms with E-state index in [-0.39, 0.29) is 30.2 Å². The zero-order valence-corrected chi connectivity index (χ0v) is 11.4. The fourth-order valence-electron chi connectivity index (χ4n) is 1.78. The fourth-order valence-corrected chi connectivity index (χ4v) is 1.78. The molecule has 0 unspecified atom stereocenters. The Bertz CT molecular complexity index is 682. The molecule has 0 saturated heterocycles. The monoisotopic (exact) mass is 317 g/mol. The van der Waals surface area contributed by atoms with E-state index in [2.05, 4.69) is 15.2 Å². The fraction of sp³-hybridized carbons (Fsp3) is 0.308. The number of H-pyrrole nitrogens is 1. The largest absolute Gasteiger partial charge is 0.460 e. The van der Waals surface area contributed by atoms with Gasteiger partial charge in [-0.05, 0) is 30.7 Å². The summed E-state index contributed by atoms with van der Waals surface area (Å²) in [5.41, 5.74) is -1.04. The van der Waals surface area contributed by atoms with Crippen LogP contribution in [0.3, 0.4) is 0 Å². The molecule has 0 fully saturated rings. The third kappa shape index (κ3) is 3.80. The summed E-state index contributed by atoms with van der Waals surface area (Å²) < 4.78 is 55.8. The van der Waals surface area contributed by atoms with E-state index in [9.17, 15) is 22.4 Å². The molecule has 0 atom stereocenters. The van der Waals surface area contributed by atoms with Gasteiger partial charge in [-0.25, -0.2) is 9.18 Å². The minimum absolute atomic E-state index is 0.0545. The lowest BCUT2D eigenvalue weighted by molar-refractivity contribution is -0.137. The molecule has 2 aromatic rings. The van der Waals surface area contributed by atoms with Gasteiger partial charge in [-0.15, -0.1) is 10.2 Å². The summed E-state index contributed by atoms with van der Waals surface area (Å²) >= 11 is 0. The van der Waals surface area contributed by atoms with Crippen molar-refractivity contribution in [3.8, 4) is 0 Å². The number of carbonyl (C=O) groups excluding carboxylic acids is 1. The van der Waals surface area contributed by atoms with E-state index in [1.807, 2.05) is 0 Å². The van der Waals surface area contributed by atoms with Gasteiger partial charge in [0.15, 0.2) is 0 Å². The lowest BCUT2D eigenvalue weighted by Gasteiger charge is -2.08. The lowest BCUT2D eigenvalue weighted by atomic mass is 10.1. The minimum atomic E-state index is -4.64. The van der Waals surface area contributed by atoms with Crippen molar-refractivity contribution >= 4 is 5.97 Å². The van der Waals surface area contributed by atoms with E-state index in [0.717, 1.165) is 12.1 Å². The average molecular weight is 317 g/mol. The predicted molar refractivity (Wildman–Crippen MR) is 66.5 cm³/mol. The Balaban J connectivity index is 2.21. The van der Waals surface area contributed by atoms with Crippen LogP contribution in [0.15, 0.2) is 18.2 Å². The van der Waals surface area contributed by atoms with Gasteiger partial charge in [-0.2, -0.15) is 13.2 Å². The van der Waals surface area contributed by atoms with Gasteiger partial charge in [0, 0.05) is 6.42 Å². The first-order chi connectivity index (χ1) is 10.3. The molecule has 9 heteroatoms. The van der Waals surface area contributed by atoms with Crippen molar-refractivity contribution in [1.82, 2.24) is 15.2 Å². The summed E-state index contributed by atoms with van der Waals surface area (Å²) in [4.78, 5) is 13.9. The Kier molecular flexibility index (Phi) is 4.43. The number of nitrogens with one attached hydrogen (secondary N) is 1. The van der Waals surface area contributed by atoms with Crippen LogP contribution in [0.25, 0.3) is 0 Å². The highest BCUT2D eigenvalue weighted by Gasteiger charge is 2.31. The maximum absolute atomic E-state index is 13.3. The maximum atomic E-state index is 13.3. The van der Waals surface area contributed by atoms with E-state index < -0.39 is 23.5 Å². The number of benzene rings is 1. The highest BCUT2D eigenvalue weighted by atomic mass is 19.4. The first-order valence-electron chi connectivity index (χ1n) is 6.25.